The Kier molecular flexibility index (Phi) is 2.38. The van der Waals surface area contributed by atoms with Crippen molar-refractivity contribution in [1.29, 1.82) is 0 Å². The molecule has 0 amide bonds. The van der Waals surface area contributed by atoms with E-state index in [1.165, 1.54) is 0 Å². The van der Waals surface area contributed by atoms with Gasteiger partial charge in [0.1, 0.15) is 4.60 Å². The van der Waals surface area contributed by atoms with Crippen LogP contribution in [0.4, 0.5) is 0 Å². The van der Waals surface area contributed by atoms with Gasteiger partial charge in [0.25, 0.3) is 0 Å². The van der Waals surface area contributed by atoms with E-state index in [0.717, 1.165) is 10.3 Å². The van der Waals surface area contributed by atoms with Crippen LogP contribution < -0.4 is 0 Å². The molecule has 0 bridgehead atoms. The van der Waals surface area contributed by atoms with E-state index < -0.39 is 0 Å². The van der Waals surface area contributed by atoms with Crippen molar-refractivity contribution >= 4 is 15.9 Å². The molecule has 0 spiro atoms. The average Bonchev–Trinajstić information content (AvgIpc) is 1.88. The molecule has 1 rings (SSSR count). The maximum atomic E-state index is 4.17. The van der Waals surface area contributed by atoms with Crippen molar-refractivity contribution in [3.63, 3.8) is 0 Å². The topological polar surface area (TPSA) is 25.8 Å². The zero-order valence-corrected chi connectivity index (χ0v) is 7.59. The van der Waals surface area contributed by atoms with Crippen LogP contribution in [0.25, 0.3) is 0 Å². The molecule has 54 valence electrons. The molecule has 0 unspecified atom stereocenters. The molecule has 0 aromatic carbocycles. The minimum atomic E-state index is 0.433. The van der Waals surface area contributed by atoms with Gasteiger partial charge < -0.3 is 0 Å². The van der Waals surface area contributed by atoms with E-state index in [4.69, 9.17) is 0 Å². The van der Waals surface area contributed by atoms with Gasteiger partial charge in [-0.15, -0.1) is 0 Å². The van der Waals surface area contributed by atoms with Crippen LogP contribution in [-0.2, 0) is 0 Å². The maximum absolute atomic E-state index is 4.17. The summed E-state index contributed by atoms with van der Waals surface area (Å²) in [5, 5.41) is 0. The van der Waals surface area contributed by atoms with Crippen LogP contribution in [-0.4, -0.2) is 9.97 Å². The predicted molar refractivity (Wildman–Crippen MR) is 43.8 cm³/mol. The van der Waals surface area contributed by atoms with Gasteiger partial charge in [-0.3, -0.25) is 4.98 Å². The molecule has 0 N–H and O–H groups in total. The van der Waals surface area contributed by atoms with Crippen molar-refractivity contribution in [3.05, 3.63) is 22.7 Å². The SMILES string of the molecule is CC(C)c1nccnc1Br. The Labute approximate surface area is 68.8 Å². The fourth-order valence-electron chi connectivity index (χ4n) is 0.719. The van der Waals surface area contributed by atoms with Crippen molar-refractivity contribution < 1.29 is 0 Å². The highest BCUT2D eigenvalue weighted by atomic mass is 79.9. The van der Waals surface area contributed by atoms with Crippen LogP contribution in [0.2, 0.25) is 0 Å². The monoisotopic (exact) mass is 200 g/mol. The summed E-state index contributed by atoms with van der Waals surface area (Å²) in [7, 11) is 0. The van der Waals surface area contributed by atoms with E-state index in [0.29, 0.717) is 5.92 Å². The first-order chi connectivity index (χ1) is 4.72. The van der Waals surface area contributed by atoms with Crippen LogP contribution in [0.15, 0.2) is 17.0 Å². The number of hydrogen-bond acceptors (Lipinski definition) is 2. The van der Waals surface area contributed by atoms with Crippen LogP contribution in [0.5, 0.6) is 0 Å². The summed E-state index contributed by atoms with van der Waals surface area (Å²) in [4.78, 5) is 8.22. The zero-order valence-electron chi connectivity index (χ0n) is 6.00. The first kappa shape index (κ1) is 7.66. The van der Waals surface area contributed by atoms with Gasteiger partial charge in [0.05, 0.1) is 5.69 Å². The summed E-state index contributed by atoms with van der Waals surface area (Å²) in [6.07, 6.45) is 3.38. The van der Waals surface area contributed by atoms with Gasteiger partial charge in [0.2, 0.25) is 0 Å². The minimum absolute atomic E-state index is 0.433. The molecule has 10 heavy (non-hydrogen) atoms. The maximum Gasteiger partial charge on any atom is 0.127 e. The second-order valence-corrected chi connectivity index (χ2v) is 3.14. The summed E-state index contributed by atoms with van der Waals surface area (Å²) in [6, 6.07) is 0. The molecular formula is C7H9BrN2. The number of aromatic nitrogens is 2. The van der Waals surface area contributed by atoms with Crippen molar-refractivity contribution in [2.45, 2.75) is 19.8 Å². The predicted octanol–water partition coefficient (Wildman–Crippen LogP) is 2.36. The van der Waals surface area contributed by atoms with E-state index in [9.17, 15) is 0 Å². The molecule has 2 nitrogen and oxygen atoms in total. The van der Waals surface area contributed by atoms with E-state index in [1.54, 1.807) is 12.4 Å². The smallest absolute Gasteiger partial charge is 0.127 e. The molecule has 0 saturated heterocycles. The van der Waals surface area contributed by atoms with Gasteiger partial charge in [0.15, 0.2) is 0 Å². The average molecular weight is 201 g/mol. The first-order valence-corrected chi connectivity index (χ1v) is 3.97. The highest BCUT2D eigenvalue weighted by Crippen LogP contribution is 2.18. The molecule has 1 heterocycles. The second-order valence-electron chi connectivity index (χ2n) is 2.39. The molecule has 0 aliphatic heterocycles. The largest absolute Gasteiger partial charge is 0.257 e. The minimum Gasteiger partial charge on any atom is -0.257 e. The van der Waals surface area contributed by atoms with Crippen molar-refractivity contribution in [2.75, 3.05) is 0 Å². The van der Waals surface area contributed by atoms with Crippen molar-refractivity contribution in [2.24, 2.45) is 0 Å². The lowest BCUT2D eigenvalue weighted by atomic mass is 10.1. The Bertz CT molecular complexity index is 223. The Morgan fingerprint density at radius 2 is 1.90 bits per heavy atom. The van der Waals surface area contributed by atoms with E-state index in [-0.39, 0.29) is 0 Å². The molecule has 0 fully saturated rings. The Morgan fingerprint density at radius 1 is 1.30 bits per heavy atom. The molecule has 1 aromatic rings. The van der Waals surface area contributed by atoms with Crippen LogP contribution in [0.1, 0.15) is 25.5 Å². The fraction of sp³-hybridized carbons (Fsp3) is 0.429. The highest BCUT2D eigenvalue weighted by molar-refractivity contribution is 9.10. The molecule has 0 aliphatic carbocycles. The lowest BCUT2D eigenvalue weighted by molar-refractivity contribution is 0.802. The van der Waals surface area contributed by atoms with E-state index in [1.807, 2.05) is 0 Å². The van der Waals surface area contributed by atoms with Gasteiger partial charge in [-0.05, 0) is 21.8 Å². The molecular weight excluding hydrogens is 192 g/mol. The van der Waals surface area contributed by atoms with Gasteiger partial charge in [-0.2, -0.15) is 0 Å². The second kappa shape index (κ2) is 3.10. The zero-order chi connectivity index (χ0) is 7.56. The molecule has 0 atom stereocenters. The third-order valence-corrected chi connectivity index (χ3v) is 1.84. The molecule has 0 saturated carbocycles. The standard InChI is InChI=1S/C7H9BrN2/c1-5(2)6-7(8)10-4-3-9-6/h3-5H,1-2H3. The lowest BCUT2D eigenvalue weighted by Crippen LogP contribution is -1.94. The number of halogens is 1. The lowest BCUT2D eigenvalue weighted by Gasteiger charge is -2.03. The number of rotatable bonds is 1. The third kappa shape index (κ3) is 1.53. The molecule has 0 aliphatic rings. The van der Waals surface area contributed by atoms with Gasteiger partial charge in [-0.25, -0.2) is 4.98 Å². The Balaban J connectivity index is 3.03. The summed E-state index contributed by atoms with van der Waals surface area (Å²) < 4.78 is 0.852. The number of nitrogens with zero attached hydrogens (tertiary/aromatic N) is 2. The van der Waals surface area contributed by atoms with E-state index >= 15 is 0 Å². The Hall–Kier alpha value is -0.440. The van der Waals surface area contributed by atoms with E-state index in [2.05, 4.69) is 39.7 Å². The van der Waals surface area contributed by atoms with Gasteiger partial charge >= 0.3 is 0 Å². The van der Waals surface area contributed by atoms with Crippen molar-refractivity contribution in [3.8, 4) is 0 Å². The van der Waals surface area contributed by atoms with Crippen molar-refractivity contribution in [1.82, 2.24) is 9.97 Å². The molecule has 1 aromatic heterocycles. The molecule has 0 radical (unpaired) electrons. The van der Waals surface area contributed by atoms with Crippen LogP contribution in [0.3, 0.4) is 0 Å². The van der Waals surface area contributed by atoms with Crippen LogP contribution in [0, 0.1) is 0 Å². The van der Waals surface area contributed by atoms with Gasteiger partial charge in [-0.1, -0.05) is 13.8 Å². The Morgan fingerprint density at radius 3 is 2.30 bits per heavy atom. The molecule has 3 heteroatoms. The fourth-order valence-corrected chi connectivity index (χ4v) is 1.40. The quantitative estimate of drug-likeness (QED) is 0.696. The summed E-state index contributed by atoms with van der Waals surface area (Å²) in [6.45, 7) is 4.18. The normalized spacial score (nSPS) is 10.4. The first-order valence-electron chi connectivity index (χ1n) is 3.18. The summed E-state index contributed by atoms with van der Waals surface area (Å²) in [5.41, 5.74) is 1.02. The summed E-state index contributed by atoms with van der Waals surface area (Å²) >= 11 is 3.32. The summed E-state index contributed by atoms with van der Waals surface area (Å²) in [5.74, 6) is 0.433. The number of hydrogen-bond donors (Lipinski definition) is 0. The van der Waals surface area contributed by atoms with Crippen LogP contribution >= 0.6 is 15.9 Å². The van der Waals surface area contributed by atoms with Gasteiger partial charge in [0, 0.05) is 12.4 Å². The third-order valence-electron chi connectivity index (χ3n) is 1.23. The highest BCUT2D eigenvalue weighted by Gasteiger charge is 2.04.